The lowest BCUT2D eigenvalue weighted by Gasteiger charge is -2.24. The molecule has 0 atom stereocenters. The van der Waals surface area contributed by atoms with Gasteiger partial charge in [0.15, 0.2) is 5.75 Å². The van der Waals surface area contributed by atoms with Crippen LogP contribution in [0.2, 0.25) is 0 Å². The number of nitrogens with one attached hydrogen (secondary N) is 3. The van der Waals surface area contributed by atoms with Crippen LogP contribution in [0.4, 0.5) is 11.4 Å². The third kappa shape index (κ3) is 6.63. The molecule has 1 amide bonds. The van der Waals surface area contributed by atoms with E-state index in [1.165, 1.54) is 7.11 Å². The Morgan fingerprint density at radius 3 is 2.45 bits per heavy atom. The summed E-state index contributed by atoms with van der Waals surface area (Å²) < 4.78 is 36.0. The van der Waals surface area contributed by atoms with Gasteiger partial charge >= 0.3 is 0 Å². The highest BCUT2D eigenvalue weighted by atomic mass is 32.2. The molecule has 12 nitrogen and oxygen atoms in total. The second-order valence-corrected chi connectivity index (χ2v) is 14.1. The predicted molar refractivity (Wildman–Crippen MR) is 171 cm³/mol. The number of rotatable bonds is 8. The Morgan fingerprint density at radius 2 is 1.80 bits per heavy atom. The quantitative estimate of drug-likeness (QED) is 0.259. The number of sulfonamides is 1. The van der Waals surface area contributed by atoms with E-state index in [-0.39, 0.29) is 22.8 Å². The van der Waals surface area contributed by atoms with Gasteiger partial charge in [-0.3, -0.25) is 14.2 Å². The van der Waals surface area contributed by atoms with Gasteiger partial charge in [0.05, 0.1) is 48.9 Å². The lowest BCUT2D eigenvalue weighted by Crippen LogP contribution is -2.30. The minimum absolute atomic E-state index is 0.213. The van der Waals surface area contributed by atoms with E-state index < -0.39 is 10.0 Å². The number of aromatic nitrogens is 5. The van der Waals surface area contributed by atoms with Gasteiger partial charge in [-0.25, -0.2) is 13.1 Å². The first kappa shape index (κ1) is 31.2. The smallest absolute Gasteiger partial charge is 0.255 e. The van der Waals surface area contributed by atoms with Gasteiger partial charge in [0, 0.05) is 16.8 Å². The molecule has 13 heteroatoms. The third-order valence-corrected chi connectivity index (χ3v) is 8.48. The summed E-state index contributed by atoms with van der Waals surface area (Å²) in [5.74, 6) is -0.175. The van der Waals surface area contributed by atoms with Crippen molar-refractivity contribution in [1.29, 1.82) is 0 Å². The van der Waals surface area contributed by atoms with Crippen LogP contribution in [-0.2, 0) is 15.4 Å². The molecule has 2 aromatic heterocycles. The molecule has 1 aliphatic heterocycles. The van der Waals surface area contributed by atoms with Crippen molar-refractivity contribution in [3.8, 4) is 22.7 Å². The van der Waals surface area contributed by atoms with Crippen LogP contribution in [0.5, 0.6) is 5.75 Å². The van der Waals surface area contributed by atoms with E-state index in [9.17, 15) is 13.2 Å². The molecule has 0 unspecified atom stereocenters. The van der Waals surface area contributed by atoms with Gasteiger partial charge in [0.2, 0.25) is 10.0 Å². The van der Waals surface area contributed by atoms with Crippen LogP contribution >= 0.6 is 0 Å². The number of benzene rings is 2. The van der Waals surface area contributed by atoms with E-state index >= 15 is 0 Å². The van der Waals surface area contributed by atoms with Gasteiger partial charge < -0.3 is 15.4 Å². The number of hydrogen-bond donors (Lipinski definition) is 3. The molecule has 1 saturated heterocycles. The molecule has 5 rings (SSSR count). The zero-order valence-corrected chi connectivity index (χ0v) is 27.0. The van der Waals surface area contributed by atoms with Crippen molar-refractivity contribution in [3.63, 3.8) is 0 Å². The minimum Gasteiger partial charge on any atom is -0.492 e. The number of hydrogen-bond acceptors (Lipinski definition) is 8. The summed E-state index contributed by atoms with van der Waals surface area (Å²) in [5, 5.41) is 19.8. The number of ether oxygens (including phenoxy) is 1. The molecule has 2 aromatic carbocycles. The van der Waals surface area contributed by atoms with Crippen LogP contribution in [0.1, 0.15) is 66.8 Å². The summed E-state index contributed by atoms with van der Waals surface area (Å²) >= 11 is 0. The summed E-state index contributed by atoms with van der Waals surface area (Å²) in [6.07, 6.45) is 6.82. The number of carbonyl (C=O) groups excluding carboxylic acids is 1. The Kier molecular flexibility index (Phi) is 8.54. The van der Waals surface area contributed by atoms with E-state index in [0.717, 1.165) is 54.6 Å². The van der Waals surface area contributed by atoms with Crippen LogP contribution in [0.3, 0.4) is 0 Å². The van der Waals surface area contributed by atoms with Gasteiger partial charge in [-0.05, 0) is 80.6 Å². The molecule has 0 spiro atoms. The van der Waals surface area contributed by atoms with Gasteiger partial charge in [-0.2, -0.15) is 5.10 Å². The van der Waals surface area contributed by atoms with Crippen molar-refractivity contribution in [2.75, 3.05) is 36.5 Å². The molecule has 0 bridgehead atoms. The van der Waals surface area contributed by atoms with Crippen LogP contribution in [-0.4, -0.2) is 65.6 Å². The van der Waals surface area contributed by atoms with Crippen LogP contribution in [0.15, 0.2) is 42.7 Å². The fourth-order valence-electron chi connectivity index (χ4n) is 5.44. The Balaban J connectivity index is 1.44. The van der Waals surface area contributed by atoms with Crippen molar-refractivity contribution < 1.29 is 17.9 Å². The molecule has 1 aliphatic rings. The molecule has 44 heavy (non-hydrogen) atoms. The van der Waals surface area contributed by atoms with Crippen molar-refractivity contribution in [2.45, 2.75) is 58.9 Å². The maximum Gasteiger partial charge on any atom is 0.255 e. The summed E-state index contributed by atoms with van der Waals surface area (Å²) in [5.41, 5.74) is 5.75. The molecule has 0 aliphatic carbocycles. The van der Waals surface area contributed by atoms with E-state index in [1.807, 2.05) is 46.2 Å². The number of anilines is 2. The number of piperidine rings is 1. The number of aryl methyl sites for hydroxylation is 1. The molecule has 1 fully saturated rings. The van der Waals surface area contributed by atoms with E-state index in [2.05, 4.69) is 42.4 Å². The standard InChI is InChI=1S/C31H40N8O4S/c1-19-8-9-21(30(40)34-25-15-22(31(3,4)5)16-26(29(25)43-6)36-44(7,41)42)14-28(19)38-18-27(35-37-38)24-17-33-39(20(24)2)23-10-12-32-13-11-23/h8-9,14-18,23,32,36H,10-13H2,1-7H3,(H,34,40). The SMILES string of the molecule is COc1c(NC(=O)c2ccc(C)c(-n3cc(-c4cnn(C5CCNCC5)c4C)nn3)c2)cc(C(C)(C)C)cc1NS(C)(=O)=O. The largest absolute Gasteiger partial charge is 0.492 e. The zero-order valence-electron chi connectivity index (χ0n) is 26.2. The summed E-state index contributed by atoms with van der Waals surface area (Å²) in [6, 6.07) is 9.22. The van der Waals surface area contributed by atoms with E-state index in [1.54, 1.807) is 28.9 Å². The lowest BCUT2D eigenvalue weighted by molar-refractivity contribution is 0.102. The van der Waals surface area contributed by atoms with Gasteiger partial charge in [0.25, 0.3) is 5.91 Å². The highest BCUT2D eigenvalue weighted by molar-refractivity contribution is 7.92. The Morgan fingerprint density at radius 1 is 1.09 bits per heavy atom. The monoisotopic (exact) mass is 620 g/mol. The lowest BCUT2D eigenvalue weighted by atomic mass is 9.86. The second kappa shape index (κ2) is 12.0. The Labute approximate surface area is 258 Å². The number of carbonyl (C=O) groups is 1. The number of amides is 1. The van der Waals surface area contributed by atoms with Gasteiger partial charge in [0.1, 0.15) is 5.69 Å². The first-order valence-corrected chi connectivity index (χ1v) is 16.4. The summed E-state index contributed by atoms with van der Waals surface area (Å²) in [4.78, 5) is 13.6. The van der Waals surface area contributed by atoms with Crippen molar-refractivity contribution in [1.82, 2.24) is 30.1 Å². The molecule has 0 saturated carbocycles. The minimum atomic E-state index is -3.60. The van der Waals surface area contributed by atoms with Crippen molar-refractivity contribution in [2.24, 2.45) is 0 Å². The molecular formula is C31H40N8O4S. The van der Waals surface area contributed by atoms with Crippen LogP contribution < -0.4 is 20.1 Å². The zero-order chi connectivity index (χ0) is 31.8. The third-order valence-electron chi connectivity index (χ3n) is 7.89. The molecule has 3 N–H and O–H groups in total. The number of nitrogens with zero attached hydrogens (tertiary/aromatic N) is 5. The maximum absolute atomic E-state index is 13.6. The second-order valence-electron chi connectivity index (χ2n) is 12.3. The van der Waals surface area contributed by atoms with E-state index in [0.29, 0.717) is 28.7 Å². The maximum atomic E-state index is 13.6. The van der Waals surface area contributed by atoms with Crippen molar-refractivity contribution in [3.05, 3.63) is 65.1 Å². The normalized spacial score (nSPS) is 14.4. The van der Waals surface area contributed by atoms with Gasteiger partial charge in [-0.1, -0.05) is 32.1 Å². The van der Waals surface area contributed by atoms with Crippen molar-refractivity contribution >= 4 is 27.3 Å². The highest BCUT2D eigenvalue weighted by Gasteiger charge is 2.24. The van der Waals surface area contributed by atoms with Crippen LogP contribution in [0, 0.1) is 13.8 Å². The molecule has 0 radical (unpaired) electrons. The predicted octanol–water partition coefficient (Wildman–Crippen LogP) is 4.60. The highest BCUT2D eigenvalue weighted by Crippen LogP contribution is 2.39. The van der Waals surface area contributed by atoms with Gasteiger partial charge in [-0.15, -0.1) is 5.10 Å². The molecule has 4 aromatic rings. The first-order valence-electron chi connectivity index (χ1n) is 14.6. The average Bonchev–Trinajstić information content (AvgIpc) is 3.59. The van der Waals surface area contributed by atoms with E-state index in [4.69, 9.17) is 4.74 Å². The Bertz CT molecular complexity index is 1800. The van der Waals surface area contributed by atoms with Crippen LogP contribution in [0.25, 0.3) is 16.9 Å². The number of methoxy groups -OCH3 is 1. The molecule has 3 heterocycles. The average molecular weight is 621 g/mol. The Hall–Kier alpha value is -4.23. The fraction of sp³-hybridized carbons (Fsp3) is 0.419. The summed E-state index contributed by atoms with van der Waals surface area (Å²) in [7, 11) is -2.17. The fourth-order valence-corrected chi connectivity index (χ4v) is 5.99. The molecular weight excluding hydrogens is 580 g/mol. The summed E-state index contributed by atoms with van der Waals surface area (Å²) in [6.45, 7) is 12.0. The molecule has 234 valence electrons. The topological polar surface area (TPSA) is 145 Å². The first-order chi connectivity index (χ1) is 20.7.